The maximum absolute atomic E-state index is 11.7. The molecule has 5 nitrogen and oxygen atoms in total. The number of carboxylic acid groups (broad SMARTS) is 1. The van der Waals surface area contributed by atoms with Crippen molar-refractivity contribution in [2.75, 3.05) is 0 Å². The molecule has 21 heavy (non-hydrogen) atoms. The zero-order valence-electron chi connectivity index (χ0n) is 10.9. The van der Waals surface area contributed by atoms with Crippen molar-refractivity contribution in [3.8, 4) is 11.1 Å². The van der Waals surface area contributed by atoms with Crippen LogP contribution in [0.15, 0.2) is 42.5 Å². The Hall–Kier alpha value is -2.95. The molecule has 0 radical (unpaired) electrons. The Morgan fingerprint density at radius 3 is 2.57 bits per heavy atom. The summed E-state index contributed by atoms with van der Waals surface area (Å²) in [5.74, 6) is -1.78. The number of fused-ring (bicyclic) bond motifs is 1. The van der Waals surface area contributed by atoms with Gasteiger partial charge >= 0.3 is 5.97 Å². The predicted molar refractivity (Wildman–Crippen MR) is 75.0 cm³/mol. The minimum Gasteiger partial charge on any atom is -0.478 e. The van der Waals surface area contributed by atoms with E-state index in [2.05, 4.69) is 5.32 Å². The van der Waals surface area contributed by atoms with Gasteiger partial charge in [0.25, 0.3) is 5.91 Å². The van der Waals surface area contributed by atoms with Crippen LogP contribution in [0.5, 0.6) is 0 Å². The van der Waals surface area contributed by atoms with Crippen LogP contribution >= 0.6 is 0 Å². The molecule has 104 valence electrons. The standard InChI is InChI=1S/C16H11NO4/c18-14-8-10-7-9(5-6-12(10)15(19)17-14)11-3-1-2-4-13(11)16(20)21/h1-7H,8H2,(H,20,21)(H,17,18,19). The number of benzene rings is 2. The van der Waals surface area contributed by atoms with Crippen LogP contribution < -0.4 is 5.32 Å². The van der Waals surface area contributed by atoms with Gasteiger partial charge in [-0.2, -0.15) is 0 Å². The maximum atomic E-state index is 11.7. The monoisotopic (exact) mass is 281 g/mol. The first-order valence-corrected chi connectivity index (χ1v) is 6.36. The predicted octanol–water partition coefficient (Wildman–Crippen LogP) is 1.86. The third kappa shape index (κ3) is 2.29. The Kier molecular flexibility index (Phi) is 3.02. The van der Waals surface area contributed by atoms with E-state index in [1.54, 1.807) is 36.4 Å². The van der Waals surface area contributed by atoms with E-state index in [1.807, 2.05) is 0 Å². The van der Waals surface area contributed by atoms with Crippen LogP contribution in [0.1, 0.15) is 26.3 Å². The molecule has 1 aliphatic heterocycles. The molecule has 0 saturated heterocycles. The number of carbonyl (C=O) groups is 3. The first kappa shape index (κ1) is 13.1. The molecule has 0 saturated carbocycles. The second-order valence-electron chi connectivity index (χ2n) is 4.78. The number of nitrogens with one attached hydrogen (secondary N) is 1. The Bertz CT molecular complexity index is 780. The second kappa shape index (κ2) is 4.86. The van der Waals surface area contributed by atoms with Crippen LogP contribution in [0, 0.1) is 0 Å². The summed E-state index contributed by atoms with van der Waals surface area (Å²) in [6.07, 6.45) is 0.115. The molecule has 0 bridgehead atoms. The lowest BCUT2D eigenvalue weighted by Crippen LogP contribution is -2.37. The molecule has 0 spiro atoms. The SMILES string of the molecule is O=C1Cc2cc(-c3ccccc3C(=O)O)ccc2C(=O)N1. The second-order valence-corrected chi connectivity index (χ2v) is 4.78. The lowest BCUT2D eigenvalue weighted by Gasteiger charge is -2.16. The van der Waals surface area contributed by atoms with Gasteiger partial charge in [-0.05, 0) is 34.9 Å². The fourth-order valence-corrected chi connectivity index (χ4v) is 2.46. The first-order valence-electron chi connectivity index (χ1n) is 6.36. The molecule has 0 unspecified atom stereocenters. The number of carboxylic acids is 1. The van der Waals surface area contributed by atoms with Crippen LogP contribution in [-0.4, -0.2) is 22.9 Å². The van der Waals surface area contributed by atoms with E-state index in [4.69, 9.17) is 0 Å². The highest BCUT2D eigenvalue weighted by molar-refractivity contribution is 6.10. The third-order valence-corrected chi connectivity index (χ3v) is 3.42. The molecule has 1 aliphatic rings. The van der Waals surface area contributed by atoms with E-state index >= 15 is 0 Å². The van der Waals surface area contributed by atoms with Crippen molar-refractivity contribution in [3.05, 3.63) is 59.2 Å². The molecular weight excluding hydrogens is 270 g/mol. The number of amides is 2. The maximum Gasteiger partial charge on any atom is 0.336 e. The van der Waals surface area contributed by atoms with Crippen molar-refractivity contribution < 1.29 is 19.5 Å². The topological polar surface area (TPSA) is 83.5 Å². The summed E-state index contributed by atoms with van der Waals surface area (Å²) in [4.78, 5) is 34.4. The summed E-state index contributed by atoms with van der Waals surface area (Å²) in [7, 11) is 0. The first-order chi connectivity index (χ1) is 10.1. The van der Waals surface area contributed by atoms with Crippen molar-refractivity contribution in [1.82, 2.24) is 5.32 Å². The van der Waals surface area contributed by atoms with Gasteiger partial charge in [0, 0.05) is 5.56 Å². The van der Waals surface area contributed by atoms with E-state index in [-0.39, 0.29) is 17.9 Å². The molecule has 5 heteroatoms. The molecule has 2 aromatic carbocycles. The molecule has 3 rings (SSSR count). The summed E-state index contributed by atoms with van der Waals surface area (Å²) >= 11 is 0. The van der Waals surface area contributed by atoms with Crippen molar-refractivity contribution >= 4 is 17.8 Å². The van der Waals surface area contributed by atoms with Gasteiger partial charge in [0.15, 0.2) is 0 Å². The summed E-state index contributed by atoms with van der Waals surface area (Å²) in [5, 5.41) is 11.5. The van der Waals surface area contributed by atoms with E-state index in [0.29, 0.717) is 22.3 Å². The van der Waals surface area contributed by atoms with Crippen molar-refractivity contribution in [1.29, 1.82) is 0 Å². The number of carbonyl (C=O) groups excluding carboxylic acids is 2. The number of rotatable bonds is 2. The average Bonchev–Trinajstić information content (AvgIpc) is 2.46. The number of imide groups is 1. The van der Waals surface area contributed by atoms with Crippen molar-refractivity contribution in [3.63, 3.8) is 0 Å². The summed E-state index contributed by atoms with van der Waals surface area (Å²) < 4.78 is 0. The van der Waals surface area contributed by atoms with E-state index < -0.39 is 11.9 Å². The van der Waals surface area contributed by atoms with Crippen LogP contribution in [0.2, 0.25) is 0 Å². The Labute approximate surface area is 120 Å². The summed E-state index contributed by atoms with van der Waals surface area (Å²) in [6.45, 7) is 0. The number of hydrogen-bond donors (Lipinski definition) is 2. The van der Waals surface area contributed by atoms with E-state index in [9.17, 15) is 19.5 Å². The van der Waals surface area contributed by atoms with Gasteiger partial charge in [0.2, 0.25) is 5.91 Å². The molecule has 0 atom stereocenters. The fourth-order valence-electron chi connectivity index (χ4n) is 2.46. The van der Waals surface area contributed by atoms with Gasteiger partial charge in [-0.1, -0.05) is 24.3 Å². The molecule has 2 amide bonds. The molecule has 1 heterocycles. The fraction of sp³-hybridized carbons (Fsp3) is 0.0625. The average molecular weight is 281 g/mol. The summed E-state index contributed by atoms with van der Waals surface area (Å²) in [5.41, 5.74) is 2.48. The van der Waals surface area contributed by atoms with Gasteiger partial charge in [-0.15, -0.1) is 0 Å². The number of aromatic carboxylic acids is 1. The Balaban J connectivity index is 2.14. The van der Waals surface area contributed by atoms with Crippen LogP contribution in [0.3, 0.4) is 0 Å². The third-order valence-electron chi connectivity index (χ3n) is 3.42. The van der Waals surface area contributed by atoms with Crippen molar-refractivity contribution in [2.45, 2.75) is 6.42 Å². The molecule has 0 aromatic heterocycles. The van der Waals surface area contributed by atoms with Gasteiger partial charge < -0.3 is 5.11 Å². The Morgan fingerprint density at radius 2 is 1.81 bits per heavy atom. The minimum absolute atomic E-state index is 0.115. The molecular formula is C16H11NO4. The van der Waals surface area contributed by atoms with Crippen molar-refractivity contribution in [2.24, 2.45) is 0 Å². The number of hydrogen-bond acceptors (Lipinski definition) is 3. The minimum atomic E-state index is -1.02. The molecule has 0 aliphatic carbocycles. The highest BCUT2D eigenvalue weighted by atomic mass is 16.4. The Morgan fingerprint density at radius 1 is 1.05 bits per heavy atom. The molecule has 2 aromatic rings. The van der Waals surface area contributed by atoms with Gasteiger partial charge in [0.1, 0.15) is 0 Å². The van der Waals surface area contributed by atoms with Gasteiger partial charge in [0.05, 0.1) is 12.0 Å². The molecule has 2 N–H and O–H groups in total. The van der Waals surface area contributed by atoms with E-state index in [1.165, 1.54) is 6.07 Å². The van der Waals surface area contributed by atoms with E-state index in [0.717, 1.165) is 0 Å². The lowest BCUT2D eigenvalue weighted by atomic mass is 9.93. The van der Waals surface area contributed by atoms with Gasteiger partial charge in [-0.25, -0.2) is 4.79 Å². The highest BCUT2D eigenvalue weighted by Crippen LogP contribution is 2.27. The quantitative estimate of drug-likeness (QED) is 0.823. The van der Waals surface area contributed by atoms with Crippen LogP contribution in [-0.2, 0) is 11.2 Å². The molecule has 0 fully saturated rings. The smallest absolute Gasteiger partial charge is 0.336 e. The summed E-state index contributed by atoms with van der Waals surface area (Å²) in [6, 6.07) is 11.6. The normalized spacial score (nSPS) is 13.5. The highest BCUT2D eigenvalue weighted by Gasteiger charge is 2.23. The zero-order valence-corrected chi connectivity index (χ0v) is 10.9. The van der Waals surface area contributed by atoms with Crippen LogP contribution in [0.4, 0.5) is 0 Å². The van der Waals surface area contributed by atoms with Crippen LogP contribution in [0.25, 0.3) is 11.1 Å². The zero-order chi connectivity index (χ0) is 15.0. The van der Waals surface area contributed by atoms with Gasteiger partial charge in [-0.3, -0.25) is 14.9 Å². The lowest BCUT2D eigenvalue weighted by molar-refractivity contribution is -0.119. The largest absolute Gasteiger partial charge is 0.478 e.